The Morgan fingerprint density at radius 2 is 2.08 bits per heavy atom. The lowest BCUT2D eigenvalue weighted by Crippen LogP contribution is -2.36. The number of furan rings is 1. The van der Waals surface area contributed by atoms with Gasteiger partial charge in [0, 0.05) is 6.54 Å². The predicted octanol–water partition coefficient (Wildman–Crippen LogP) is 3.80. The van der Waals surface area contributed by atoms with E-state index in [1.165, 1.54) is 0 Å². The van der Waals surface area contributed by atoms with Crippen LogP contribution in [0.3, 0.4) is 0 Å². The molecule has 1 aromatic carbocycles. The number of nitrogens with one attached hydrogen (secondary N) is 2. The standard InChI is InChI=1S/C17H21F2N3O2.HI/c1-2-20-17(22-11-15-7-4-8-23-15)21-10-13-5-3-6-14(9-13)24-12-16(18)19;/h3-9,16H,2,10-12H2,1H3,(H2,20,21,22);1H. The second kappa shape index (κ2) is 11.7. The molecule has 0 aliphatic carbocycles. The smallest absolute Gasteiger partial charge is 0.272 e. The van der Waals surface area contributed by atoms with Gasteiger partial charge in [-0.05, 0) is 36.8 Å². The molecule has 0 saturated carbocycles. The van der Waals surface area contributed by atoms with Crippen LogP contribution in [0.5, 0.6) is 5.75 Å². The maximum Gasteiger partial charge on any atom is 0.272 e. The molecule has 0 aliphatic rings. The Bertz CT molecular complexity index is 637. The summed E-state index contributed by atoms with van der Waals surface area (Å²) in [6.45, 7) is 3.01. The topological polar surface area (TPSA) is 58.8 Å². The number of ether oxygens (including phenoxy) is 1. The number of aliphatic imine (C=N–C) groups is 1. The fraction of sp³-hybridized carbons (Fsp3) is 0.353. The molecule has 5 nitrogen and oxygen atoms in total. The molecule has 0 saturated heterocycles. The number of benzene rings is 1. The molecule has 0 fully saturated rings. The highest BCUT2D eigenvalue weighted by atomic mass is 127. The van der Waals surface area contributed by atoms with Crippen molar-refractivity contribution in [3.8, 4) is 5.75 Å². The summed E-state index contributed by atoms with van der Waals surface area (Å²) >= 11 is 0. The highest BCUT2D eigenvalue weighted by molar-refractivity contribution is 14.0. The summed E-state index contributed by atoms with van der Waals surface area (Å²) < 4.78 is 34.7. The first-order valence-corrected chi connectivity index (χ1v) is 7.72. The number of alkyl halides is 2. The maximum atomic E-state index is 12.2. The van der Waals surface area contributed by atoms with Crippen molar-refractivity contribution in [2.45, 2.75) is 26.4 Å². The molecule has 1 heterocycles. The number of hydrogen-bond acceptors (Lipinski definition) is 3. The minimum Gasteiger partial charge on any atom is -0.488 e. The van der Waals surface area contributed by atoms with Crippen LogP contribution in [0.2, 0.25) is 0 Å². The lowest BCUT2D eigenvalue weighted by Gasteiger charge is -2.10. The van der Waals surface area contributed by atoms with Gasteiger partial charge in [0.2, 0.25) is 0 Å². The average molecular weight is 465 g/mol. The highest BCUT2D eigenvalue weighted by Crippen LogP contribution is 2.15. The normalized spacial score (nSPS) is 11.1. The highest BCUT2D eigenvalue weighted by Gasteiger charge is 2.04. The van der Waals surface area contributed by atoms with Crippen LogP contribution in [0.4, 0.5) is 8.78 Å². The van der Waals surface area contributed by atoms with Gasteiger partial charge in [0.1, 0.15) is 18.1 Å². The van der Waals surface area contributed by atoms with Crippen LogP contribution in [-0.2, 0) is 13.1 Å². The first-order chi connectivity index (χ1) is 11.7. The van der Waals surface area contributed by atoms with Crippen molar-refractivity contribution in [3.63, 3.8) is 0 Å². The third-order valence-corrected chi connectivity index (χ3v) is 3.05. The monoisotopic (exact) mass is 465 g/mol. The van der Waals surface area contributed by atoms with Gasteiger partial charge in [-0.25, -0.2) is 13.8 Å². The Hall–Kier alpha value is -1.84. The zero-order valence-corrected chi connectivity index (χ0v) is 16.2. The van der Waals surface area contributed by atoms with Crippen LogP contribution in [-0.4, -0.2) is 25.5 Å². The SMILES string of the molecule is CCNC(=NCc1cccc(OCC(F)F)c1)NCc1ccco1.I. The molecule has 2 aromatic rings. The van der Waals surface area contributed by atoms with E-state index in [9.17, 15) is 8.78 Å². The van der Waals surface area contributed by atoms with Gasteiger partial charge in [-0.2, -0.15) is 0 Å². The van der Waals surface area contributed by atoms with Crippen LogP contribution in [0.25, 0.3) is 0 Å². The Kier molecular flexibility index (Phi) is 9.90. The Labute approximate surface area is 162 Å². The molecule has 1 aromatic heterocycles. The van der Waals surface area contributed by atoms with Gasteiger partial charge >= 0.3 is 0 Å². The minimum absolute atomic E-state index is 0. The molecular formula is C17H22F2IN3O2. The molecular weight excluding hydrogens is 443 g/mol. The lowest BCUT2D eigenvalue weighted by atomic mass is 10.2. The van der Waals surface area contributed by atoms with Gasteiger partial charge in [-0.1, -0.05) is 12.1 Å². The van der Waals surface area contributed by atoms with Gasteiger partial charge < -0.3 is 19.8 Å². The van der Waals surface area contributed by atoms with Crippen LogP contribution < -0.4 is 15.4 Å². The number of nitrogens with zero attached hydrogens (tertiary/aromatic N) is 1. The first kappa shape index (κ1) is 21.2. The van der Waals surface area contributed by atoms with E-state index in [1.807, 2.05) is 25.1 Å². The fourth-order valence-electron chi connectivity index (χ4n) is 1.99. The maximum absolute atomic E-state index is 12.2. The molecule has 2 rings (SSSR count). The molecule has 8 heteroatoms. The van der Waals surface area contributed by atoms with Gasteiger partial charge in [0.25, 0.3) is 6.43 Å². The number of guanidine groups is 1. The molecule has 0 aliphatic heterocycles. The first-order valence-electron chi connectivity index (χ1n) is 7.72. The van der Waals surface area contributed by atoms with E-state index in [-0.39, 0.29) is 24.0 Å². The van der Waals surface area contributed by atoms with Crippen molar-refractivity contribution in [2.24, 2.45) is 4.99 Å². The molecule has 0 radical (unpaired) electrons. The summed E-state index contributed by atoms with van der Waals surface area (Å²) in [4.78, 5) is 4.47. The third-order valence-electron chi connectivity index (χ3n) is 3.05. The quantitative estimate of drug-likeness (QED) is 0.354. The van der Waals surface area contributed by atoms with Gasteiger partial charge in [0.15, 0.2) is 5.96 Å². The van der Waals surface area contributed by atoms with Crippen molar-refractivity contribution in [3.05, 3.63) is 54.0 Å². The Balaban J connectivity index is 0.00000312. The van der Waals surface area contributed by atoms with E-state index in [1.54, 1.807) is 24.5 Å². The van der Waals surface area contributed by atoms with Crippen LogP contribution in [0, 0.1) is 0 Å². The van der Waals surface area contributed by atoms with Crippen molar-refractivity contribution in [1.29, 1.82) is 0 Å². The zero-order chi connectivity index (χ0) is 17.2. The summed E-state index contributed by atoms with van der Waals surface area (Å²) in [6.07, 6.45) is -0.871. The van der Waals surface area contributed by atoms with Crippen LogP contribution >= 0.6 is 24.0 Å². The van der Waals surface area contributed by atoms with Crippen LogP contribution in [0.1, 0.15) is 18.2 Å². The van der Waals surface area contributed by atoms with Gasteiger partial charge in [-0.3, -0.25) is 0 Å². The van der Waals surface area contributed by atoms with Gasteiger partial charge in [-0.15, -0.1) is 24.0 Å². The summed E-state index contributed by atoms with van der Waals surface area (Å²) in [6, 6.07) is 10.7. The van der Waals surface area contributed by atoms with E-state index in [4.69, 9.17) is 9.15 Å². The second-order valence-corrected chi connectivity index (χ2v) is 4.98. The van der Waals surface area contributed by atoms with E-state index in [0.717, 1.165) is 17.9 Å². The number of halogens is 3. The van der Waals surface area contributed by atoms with Crippen molar-refractivity contribution in [2.75, 3.05) is 13.2 Å². The molecule has 0 amide bonds. The third kappa shape index (κ3) is 8.19. The lowest BCUT2D eigenvalue weighted by molar-refractivity contribution is 0.0818. The molecule has 2 N–H and O–H groups in total. The Morgan fingerprint density at radius 3 is 2.76 bits per heavy atom. The molecule has 0 spiro atoms. The summed E-state index contributed by atoms with van der Waals surface area (Å²) in [5, 5.41) is 6.30. The van der Waals surface area contributed by atoms with E-state index >= 15 is 0 Å². The second-order valence-electron chi connectivity index (χ2n) is 4.98. The van der Waals surface area contributed by atoms with Crippen molar-refractivity contribution in [1.82, 2.24) is 10.6 Å². The zero-order valence-electron chi connectivity index (χ0n) is 13.9. The minimum atomic E-state index is -2.49. The number of rotatable bonds is 8. The predicted molar refractivity (Wildman–Crippen MR) is 104 cm³/mol. The summed E-state index contributed by atoms with van der Waals surface area (Å²) in [5.74, 6) is 1.87. The summed E-state index contributed by atoms with van der Waals surface area (Å²) in [7, 11) is 0. The molecule has 138 valence electrons. The van der Waals surface area contributed by atoms with E-state index in [2.05, 4.69) is 15.6 Å². The largest absolute Gasteiger partial charge is 0.488 e. The molecule has 0 bridgehead atoms. The van der Waals surface area contributed by atoms with Crippen molar-refractivity contribution < 1.29 is 17.9 Å². The van der Waals surface area contributed by atoms with Crippen LogP contribution in [0.15, 0.2) is 52.1 Å². The molecule has 0 unspecified atom stereocenters. The van der Waals surface area contributed by atoms with Crippen molar-refractivity contribution >= 4 is 29.9 Å². The summed E-state index contributed by atoms with van der Waals surface area (Å²) in [5.41, 5.74) is 0.872. The fourth-order valence-corrected chi connectivity index (χ4v) is 1.99. The average Bonchev–Trinajstić information content (AvgIpc) is 3.09. The molecule has 25 heavy (non-hydrogen) atoms. The number of hydrogen-bond donors (Lipinski definition) is 2. The van der Waals surface area contributed by atoms with E-state index in [0.29, 0.717) is 24.8 Å². The Morgan fingerprint density at radius 1 is 1.24 bits per heavy atom. The van der Waals surface area contributed by atoms with Gasteiger partial charge in [0.05, 0.1) is 19.4 Å². The van der Waals surface area contributed by atoms with E-state index < -0.39 is 13.0 Å². The molecule has 0 atom stereocenters.